The molecule has 0 bridgehead atoms. The number of para-hydroxylation sites is 1. The van der Waals surface area contributed by atoms with E-state index >= 15 is 0 Å². The van der Waals surface area contributed by atoms with Gasteiger partial charge < -0.3 is 5.73 Å². The van der Waals surface area contributed by atoms with Crippen LogP contribution in [-0.4, -0.2) is 18.5 Å². The molecule has 0 aliphatic heterocycles. The second kappa shape index (κ2) is 6.78. The Kier molecular flexibility index (Phi) is 5.05. The van der Waals surface area contributed by atoms with Gasteiger partial charge in [-0.1, -0.05) is 41.9 Å². The molecule has 0 amide bonds. The first-order valence-electron chi connectivity index (χ1n) is 6.87. The number of rotatable bonds is 5. The average molecular weight is 289 g/mol. The summed E-state index contributed by atoms with van der Waals surface area (Å²) >= 11 is 6.05. The van der Waals surface area contributed by atoms with Gasteiger partial charge in [-0.25, -0.2) is 0 Å². The summed E-state index contributed by atoms with van der Waals surface area (Å²) in [6.45, 7) is 3.15. The van der Waals surface area contributed by atoms with Crippen molar-refractivity contribution in [3.05, 3.63) is 64.7 Å². The zero-order chi connectivity index (χ0) is 14.5. The van der Waals surface area contributed by atoms with Crippen molar-refractivity contribution in [2.45, 2.75) is 19.4 Å². The summed E-state index contributed by atoms with van der Waals surface area (Å²) in [5.41, 5.74) is 9.29. The Labute approximate surface area is 126 Å². The molecule has 0 fully saturated rings. The van der Waals surface area contributed by atoms with E-state index in [1.54, 1.807) is 0 Å². The first kappa shape index (κ1) is 14.9. The summed E-state index contributed by atoms with van der Waals surface area (Å²) in [4.78, 5) is 2.32. The Balaban J connectivity index is 1.98. The van der Waals surface area contributed by atoms with E-state index in [9.17, 15) is 0 Å². The predicted octanol–water partition coefficient (Wildman–Crippen LogP) is 4.16. The molecule has 0 saturated carbocycles. The van der Waals surface area contributed by atoms with Gasteiger partial charge in [-0.15, -0.1) is 0 Å². The molecule has 0 aliphatic rings. The van der Waals surface area contributed by atoms with E-state index in [2.05, 4.69) is 31.0 Å². The SMILES string of the molecule is CC(c1cccc(Cl)c1)N(C)CCc1ccccc1N. The zero-order valence-corrected chi connectivity index (χ0v) is 12.8. The number of nitrogens with two attached hydrogens (primary N) is 1. The highest BCUT2D eigenvalue weighted by Crippen LogP contribution is 2.22. The monoisotopic (exact) mass is 288 g/mol. The van der Waals surface area contributed by atoms with Gasteiger partial charge in [0.15, 0.2) is 0 Å². The Morgan fingerprint density at radius 1 is 1.15 bits per heavy atom. The van der Waals surface area contributed by atoms with Gasteiger partial charge in [-0.05, 0) is 49.7 Å². The number of anilines is 1. The van der Waals surface area contributed by atoms with E-state index in [-0.39, 0.29) is 0 Å². The summed E-state index contributed by atoms with van der Waals surface area (Å²) in [6.07, 6.45) is 0.952. The van der Waals surface area contributed by atoms with Crippen LogP contribution in [-0.2, 0) is 6.42 Å². The van der Waals surface area contributed by atoms with E-state index in [0.29, 0.717) is 6.04 Å². The standard InChI is InChI=1S/C17H21ClN2/c1-13(15-7-5-8-16(18)12-15)20(2)11-10-14-6-3-4-9-17(14)19/h3-9,12-13H,10-11,19H2,1-2H3. The third-order valence-corrected chi connectivity index (χ3v) is 4.02. The topological polar surface area (TPSA) is 29.3 Å². The number of hydrogen-bond acceptors (Lipinski definition) is 2. The van der Waals surface area contributed by atoms with E-state index in [1.807, 2.05) is 36.4 Å². The Morgan fingerprint density at radius 2 is 1.90 bits per heavy atom. The average Bonchev–Trinajstić information content (AvgIpc) is 2.45. The lowest BCUT2D eigenvalue weighted by Gasteiger charge is -2.25. The number of hydrogen-bond donors (Lipinski definition) is 1. The van der Waals surface area contributed by atoms with Crippen molar-refractivity contribution < 1.29 is 0 Å². The van der Waals surface area contributed by atoms with Crippen molar-refractivity contribution in [3.63, 3.8) is 0 Å². The minimum absolute atomic E-state index is 0.332. The van der Waals surface area contributed by atoms with Gasteiger partial charge in [0.1, 0.15) is 0 Å². The highest BCUT2D eigenvalue weighted by atomic mass is 35.5. The van der Waals surface area contributed by atoms with Crippen LogP contribution in [0.15, 0.2) is 48.5 Å². The summed E-state index contributed by atoms with van der Waals surface area (Å²) in [7, 11) is 2.13. The van der Waals surface area contributed by atoms with Gasteiger partial charge in [0.25, 0.3) is 0 Å². The van der Waals surface area contributed by atoms with Crippen LogP contribution in [0.5, 0.6) is 0 Å². The van der Waals surface area contributed by atoms with Crippen LogP contribution in [0.2, 0.25) is 5.02 Å². The molecule has 0 aliphatic carbocycles. The van der Waals surface area contributed by atoms with Crippen molar-refractivity contribution in [1.82, 2.24) is 4.90 Å². The molecule has 0 heterocycles. The summed E-state index contributed by atoms with van der Waals surface area (Å²) < 4.78 is 0. The minimum atomic E-state index is 0.332. The zero-order valence-electron chi connectivity index (χ0n) is 12.0. The van der Waals surface area contributed by atoms with Crippen molar-refractivity contribution >= 4 is 17.3 Å². The molecule has 2 aromatic rings. The molecule has 2 N–H and O–H groups in total. The first-order valence-corrected chi connectivity index (χ1v) is 7.25. The number of nitrogen functional groups attached to an aromatic ring is 1. The molecule has 3 heteroatoms. The highest BCUT2D eigenvalue weighted by molar-refractivity contribution is 6.30. The van der Waals surface area contributed by atoms with Gasteiger partial charge in [0.2, 0.25) is 0 Å². The minimum Gasteiger partial charge on any atom is -0.399 e. The molecule has 0 radical (unpaired) electrons. The lowest BCUT2D eigenvalue weighted by molar-refractivity contribution is 0.265. The largest absolute Gasteiger partial charge is 0.399 e. The molecule has 20 heavy (non-hydrogen) atoms. The predicted molar refractivity (Wildman–Crippen MR) is 87.1 cm³/mol. The number of halogens is 1. The van der Waals surface area contributed by atoms with Crippen molar-refractivity contribution in [2.24, 2.45) is 0 Å². The first-order chi connectivity index (χ1) is 9.58. The van der Waals surface area contributed by atoms with Crippen LogP contribution in [0.25, 0.3) is 0 Å². The maximum Gasteiger partial charge on any atom is 0.0409 e. The van der Waals surface area contributed by atoms with E-state index in [1.165, 1.54) is 11.1 Å². The van der Waals surface area contributed by atoms with Gasteiger partial charge in [-0.2, -0.15) is 0 Å². The van der Waals surface area contributed by atoms with Crippen LogP contribution >= 0.6 is 11.6 Å². The molecule has 0 aromatic heterocycles. The van der Waals surface area contributed by atoms with Crippen LogP contribution in [0.3, 0.4) is 0 Å². The van der Waals surface area contributed by atoms with Gasteiger partial charge >= 0.3 is 0 Å². The van der Waals surface area contributed by atoms with Gasteiger partial charge in [0.05, 0.1) is 0 Å². The van der Waals surface area contributed by atoms with Crippen molar-refractivity contribution in [2.75, 3.05) is 19.3 Å². The number of nitrogens with zero attached hydrogens (tertiary/aromatic N) is 1. The number of benzene rings is 2. The molecular weight excluding hydrogens is 268 g/mol. The number of likely N-dealkylation sites (N-methyl/N-ethyl adjacent to an activating group) is 1. The molecule has 2 rings (SSSR count). The lowest BCUT2D eigenvalue weighted by atomic mass is 10.1. The summed E-state index contributed by atoms with van der Waals surface area (Å²) in [6, 6.07) is 16.4. The third-order valence-electron chi connectivity index (χ3n) is 3.78. The van der Waals surface area contributed by atoms with Crippen LogP contribution in [0.4, 0.5) is 5.69 Å². The van der Waals surface area contributed by atoms with E-state index in [4.69, 9.17) is 17.3 Å². The maximum absolute atomic E-state index is 6.05. The van der Waals surface area contributed by atoms with Crippen molar-refractivity contribution in [3.8, 4) is 0 Å². The smallest absolute Gasteiger partial charge is 0.0409 e. The molecule has 1 unspecified atom stereocenters. The van der Waals surface area contributed by atoms with E-state index in [0.717, 1.165) is 23.7 Å². The third kappa shape index (κ3) is 3.75. The second-order valence-electron chi connectivity index (χ2n) is 5.16. The molecule has 1 atom stereocenters. The molecular formula is C17H21ClN2. The van der Waals surface area contributed by atoms with Crippen LogP contribution < -0.4 is 5.73 Å². The maximum atomic E-state index is 6.05. The molecule has 106 valence electrons. The summed E-state index contributed by atoms with van der Waals surface area (Å²) in [5, 5.41) is 0.787. The van der Waals surface area contributed by atoms with Gasteiger partial charge in [0, 0.05) is 23.3 Å². The Bertz CT molecular complexity index is 568. The molecule has 0 saturated heterocycles. The lowest BCUT2D eigenvalue weighted by Crippen LogP contribution is -2.25. The Hall–Kier alpha value is -1.51. The highest BCUT2D eigenvalue weighted by Gasteiger charge is 2.12. The molecule has 0 spiro atoms. The Morgan fingerprint density at radius 3 is 2.60 bits per heavy atom. The van der Waals surface area contributed by atoms with E-state index < -0.39 is 0 Å². The van der Waals surface area contributed by atoms with Gasteiger partial charge in [-0.3, -0.25) is 4.90 Å². The van der Waals surface area contributed by atoms with Crippen LogP contribution in [0, 0.1) is 0 Å². The second-order valence-corrected chi connectivity index (χ2v) is 5.60. The van der Waals surface area contributed by atoms with Crippen LogP contribution in [0.1, 0.15) is 24.1 Å². The van der Waals surface area contributed by atoms with Crippen molar-refractivity contribution in [1.29, 1.82) is 0 Å². The summed E-state index contributed by atoms with van der Waals surface area (Å²) in [5.74, 6) is 0. The fourth-order valence-electron chi connectivity index (χ4n) is 2.27. The fourth-order valence-corrected chi connectivity index (χ4v) is 2.47. The normalized spacial score (nSPS) is 12.6. The molecule has 2 nitrogen and oxygen atoms in total. The quantitative estimate of drug-likeness (QED) is 0.837. The molecule has 2 aromatic carbocycles. The fraction of sp³-hybridized carbons (Fsp3) is 0.294.